The van der Waals surface area contributed by atoms with Gasteiger partial charge in [0, 0.05) is 11.4 Å². The second-order valence-corrected chi connectivity index (χ2v) is 7.38. The van der Waals surface area contributed by atoms with Gasteiger partial charge in [-0.05, 0) is 49.9 Å². The third-order valence-corrected chi connectivity index (χ3v) is 5.69. The molecule has 1 aliphatic carbocycles. The molecule has 0 amide bonds. The largest absolute Gasteiger partial charge is 0.463 e. The fourth-order valence-electron chi connectivity index (χ4n) is 3.60. The fraction of sp³-hybridized carbons (Fsp3) is 0.350. The smallest absolute Gasteiger partial charge is 0.190 e. The van der Waals surface area contributed by atoms with Crippen LogP contribution in [-0.4, -0.2) is 4.57 Å². The maximum absolute atomic E-state index is 5.67. The Hall–Kier alpha value is -2.07. The second kappa shape index (κ2) is 6.44. The SMILES string of the molecule is Cc1cccc(C)c1N=c1scc(-c2ccco2)n1C1CCCC1. The minimum Gasteiger partial charge on any atom is -0.463 e. The van der Waals surface area contributed by atoms with Crippen molar-refractivity contribution in [3.05, 3.63) is 57.9 Å². The molecule has 0 radical (unpaired) electrons. The van der Waals surface area contributed by atoms with Crippen LogP contribution < -0.4 is 4.80 Å². The Kier molecular flexibility index (Phi) is 4.15. The zero-order valence-corrected chi connectivity index (χ0v) is 15.0. The molecule has 2 aromatic heterocycles. The van der Waals surface area contributed by atoms with Crippen LogP contribution in [0.1, 0.15) is 42.9 Å². The number of para-hydroxylation sites is 1. The first-order chi connectivity index (χ1) is 11.7. The standard InChI is InChI=1S/C20H22N2OS/c1-14-7-5-8-15(2)19(14)21-20-22(16-9-3-4-10-16)17(13-24-20)18-11-6-12-23-18/h5-8,11-13,16H,3-4,9-10H2,1-2H3. The Morgan fingerprint density at radius 2 is 1.83 bits per heavy atom. The summed E-state index contributed by atoms with van der Waals surface area (Å²) >= 11 is 1.71. The molecule has 124 valence electrons. The summed E-state index contributed by atoms with van der Waals surface area (Å²) in [6, 6.07) is 10.9. The Morgan fingerprint density at radius 1 is 1.08 bits per heavy atom. The Labute approximate surface area is 146 Å². The molecule has 0 aliphatic heterocycles. The summed E-state index contributed by atoms with van der Waals surface area (Å²) in [5.74, 6) is 0.932. The molecule has 0 atom stereocenters. The number of aromatic nitrogens is 1. The van der Waals surface area contributed by atoms with Crippen LogP contribution in [0.5, 0.6) is 0 Å². The first-order valence-corrected chi connectivity index (χ1v) is 9.47. The van der Waals surface area contributed by atoms with Crippen molar-refractivity contribution in [2.45, 2.75) is 45.6 Å². The van der Waals surface area contributed by atoms with Crippen molar-refractivity contribution in [1.29, 1.82) is 0 Å². The van der Waals surface area contributed by atoms with Crippen molar-refractivity contribution in [1.82, 2.24) is 4.57 Å². The van der Waals surface area contributed by atoms with Crippen molar-refractivity contribution in [2.75, 3.05) is 0 Å². The molecular formula is C20H22N2OS. The van der Waals surface area contributed by atoms with Gasteiger partial charge >= 0.3 is 0 Å². The highest BCUT2D eigenvalue weighted by Crippen LogP contribution is 2.34. The van der Waals surface area contributed by atoms with E-state index in [0.717, 1.165) is 21.9 Å². The summed E-state index contributed by atoms with van der Waals surface area (Å²) in [6.45, 7) is 4.26. The number of aryl methyl sites for hydroxylation is 2. The number of nitrogens with zero attached hydrogens (tertiary/aromatic N) is 2. The van der Waals surface area contributed by atoms with E-state index in [4.69, 9.17) is 9.41 Å². The molecule has 4 rings (SSSR count). The summed E-state index contributed by atoms with van der Waals surface area (Å²) < 4.78 is 8.08. The Morgan fingerprint density at radius 3 is 2.50 bits per heavy atom. The van der Waals surface area contributed by atoms with Crippen molar-refractivity contribution in [3.63, 3.8) is 0 Å². The minimum atomic E-state index is 0.527. The van der Waals surface area contributed by atoms with E-state index >= 15 is 0 Å². The van der Waals surface area contributed by atoms with Crippen LogP contribution in [0, 0.1) is 13.8 Å². The molecule has 24 heavy (non-hydrogen) atoms. The van der Waals surface area contributed by atoms with Gasteiger partial charge in [0.1, 0.15) is 0 Å². The Balaban J connectivity index is 1.91. The van der Waals surface area contributed by atoms with Crippen LogP contribution in [0.2, 0.25) is 0 Å². The van der Waals surface area contributed by atoms with Crippen molar-refractivity contribution >= 4 is 17.0 Å². The fourth-order valence-corrected chi connectivity index (χ4v) is 4.55. The summed E-state index contributed by atoms with van der Waals surface area (Å²) in [5, 5.41) is 2.18. The van der Waals surface area contributed by atoms with E-state index in [-0.39, 0.29) is 0 Å². The maximum atomic E-state index is 5.67. The van der Waals surface area contributed by atoms with E-state index in [9.17, 15) is 0 Å². The van der Waals surface area contributed by atoms with E-state index in [1.165, 1.54) is 36.8 Å². The number of rotatable bonds is 3. The summed E-state index contributed by atoms with van der Waals surface area (Å²) in [4.78, 5) is 6.13. The zero-order chi connectivity index (χ0) is 16.5. The summed E-state index contributed by atoms with van der Waals surface area (Å²) in [5.41, 5.74) is 4.70. The summed E-state index contributed by atoms with van der Waals surface area (Å²) in [7, 11) is 0. The monoisotopic (exact) mass is 338 g/mol. The quantitative estimate of drug-likeness (QED) is 0.596. The minimum absolute atomic E-state index is 0.527. The van der Waals surface area contributed by atoms with Gasteiger partial charge in [-0.1, -0.05) is 31.0 Å². The van der Waals surface area contributed by atoms with Gasteiger partial charge in [0.05, 0.1) is 17.6 Å². The predicted molar refractivity (Wildman–Crippen MR) is 98.7 cm³/mol. The molecule has 2 heterocycles. The Bertz CT molecular complexity index is 876. The van der Waals surface area contributed by atoms with Gasteiger partial charge < -0.3 is 8.98 Å². The van der Waals surface area contributed by atoms with E-state index in [0.29, 0.717) is 6.04 Å². The predicted octanol–water partition coefficient (Wildman–Crippen LogP) is 5.77. The second-order valence-electron chi connectivity index (χ2n) is 6.54. The van der Waals surface area contributed by atoms with E-state index in [1.54, 1.807) is 17.6 Å². The van der Waals surface area contributed by atoms with Crippen LogP contribution >= 0.6 is 11.3 Å². The zero-order valence-electron chi connectivity index (χ0n) is 14.2. The topological polar surface area (TPSA) is 30.4 Å². The molecule has 0 bridgehead atoms. The van der Waals surface area contributed by atoms with Gasteiger partial charge in [-0.2, -0.15) is 0 Å². The number of hydrogen-bond donors (Lipinski definition) is 0. The van der Waals surface area contributed by atoms with Crippen molar-refractivity contribution < 1.29 is 4.42 Å². The third-order valence-electron chi connectivity index (χ3n) is 4.85. The van der Waals surface area contributed by atoms with Crippen LogP contribution in [0.3, 0.4) is 0 Å². The molecule has 1 aromatic carbocycles. The number of benzene rings is 1. The number of thiazole rings is 1. The average Bonchev–Trinajstić information content (AvgIpc) is 3.30. The lowest BCUT2D eigenvalue weighted by Crippen LogP contribution is -2.20. The molecule has 0 unspecified atom stereocenters. The first-order valence-electron chi connectivity index (χ1n) is 8.59. The van der Waals surface area contributed by atoms with Gasteiger partial charge in [-0.25, -0.2) is 4.99 Å². The maximum Gasteiger partial charge on any atom is 0.190 e. The van der Waals surface area contributed by atoms with Gasteiger partial charge in [0.15, 0.2) is 10.6 Å². The molecular weight excluding hydrogens is 316 g/mol. The number of hydrogen-bond acceptors (Lipinski definition) is 3. The highest BCUT2D eigenvalue weighted by molar-refractivity contribution is 7.07. The molecule has 0 saturated heterocycles. The molecule has 1 aliphatic rings. The molecule has 1 fully saturated rings. The number of furan rings is 1. The van der Waals surface area contributed by atoms with Crippen LogP contribution in [-0.2, 0) is 0 Å². The molecule has 1 saturated carbocycles. The molecule has 0 N–H and O–H groups in total. The molecule has 3 nitrogen and oxygen atoms in total. The van der Waals surface area contributed by atoms with Gasteiger partial charge in [0.2, 0.25) is 0 Å². The van der Waals surface area contributed by atoms with E-state index in [2.05, 4.69) is 42.0 Å². The lowest BCUT2D eigenvalue weighted by molar-refractivity contribution is 0.499. The van der Waals surface area contributed by atoms with Crippen molar-refractivity contribution in [3.8, 4) is 11.5 Å². The molecule has 3 aromatic rings. The van der Waals surface area contributed by atoms with Crippen LogP contribution in [0.15, 0.2) is 51.4 Å². The van der Waals surface area contributed by atoms with Crippen molar-refractivity contribution in [2.24, 2.45) is 4.99 Å². The van der Waals surface area contributed by atoms with Gasteiger partial charge in [-0.15, -0.1) is 11.3 Å². The lowest BCUT2D eigenvalue weighted by Gasteiger charge is -2.15. The highest BCUT2D eigenvalue weighted by Gasteiger charge is 2.22. The normalized spacial score (nSPS) is 16.2. The molecule has 0 spiro atoms. The molecule has 4 heteroatoms. The lowest BCUT2D eigenvalue weighted by atomic mass is 10.1. The van der Waals surface area contributed by atoms with Crippen LogP contribution in [0.4, 0.5) is 5.69 Å². The summed E-state index contributed by atoms with van der Waals surface area (Å²) in [6.07, 6.45) is 6.80. The van der Waals surface area contributed by atoms with E-state index < -0.39 is 0 Å². The third kappa shape index (κ3) is 2.75. The van der Waals surface area contributed by atoms with Gasteiger partial charge in [0.25, 0.3) is 0 Å². The first kappa shape index (κ1) is 15.5. The highest BCUT2D eigenvalue weighted by atomic mass is 32.1. The van der Waals surface area contributed by atoms with Crippen LogP contribution in [0.25, 0.3) is 11.5 Å². The van der Waals surface area contributed by atoms with Gasteiger partial charge in [-0.3, -0.25) is 0 Å². The average molecular weight is 338 g/mol. The van der Waals surface area contributed by atoms with E-state index in [1.807, 2.05) is 12.1 Å².